The molecule has 0 radical (unpaired) electrons. The summed E-state index contributed by atoms with van der Waals surface area (Å²) in [5.41, 5.74) is 1.69. The van der Waals surface area contributed by atoms with Gasteiger partial charge >= 0.3 is 0 Å². The predicted molar refractivity (Wildman–Crippen MR) is 86.5 cm³/mol. The molecule has 0 unspecified atom stereocenters. The lowest BCUT2D eigenvalue weighted by Crippen LogP contribution is -2.24. The highest BCUT2D eigenvalue weighted by molar-refractivity contribution is 6.31. The largest absolute Gasteiger partial charge is 0.497 e. The van der Waals surface area contributed by atoms with E-state index < -0.39 is 0 Å². The van der Waals surface area contributed by atoms with E-state index in [0.29, 0.717) is 23.1 Å². The standard InChI is InChI=1S/C17H18ClNO3/c1-21-14-8-7-13(15(18)10-14)11-19-17(20)9-12-5-3-4-6-16(12)22-2/h3-8,10H,9,11H2,1-2H3,(H,19,20). The lowest BCUT2D eigenvalue weighted by molar-refractivity contribution is -0.120. The summed E-state index contributed by atoms with van der Waals surface area (Å²) in [7, 11) is 3.17. The number of nitrogens with one attached hydrogen (secondary N) is 1. The van der Waals surface area contributed by atoms with Crippen molar-refractivity contribution in [3.05, 3.63) is 58.6 Å². The summed E-state index contributed by atoms with van der Waals surface area (Å²) in [6, 6.07) is 12.8. The number of amides is 1. The van der Waals surface area contributed by atoms with Crippen LogP contribution in [0.3, 0.4) is 0 Å². The van der Waals surface area contributed by atoms with Crippen LogP contribution in [-0.2, 0) is 17.8 Å². The van der Waals surface area contributed by atoms with E-state index in [2.05, 4.69) is 5.32 Å². The van der Waals surface area contributed by atoms with Crippen molar-refractivity contribution in [2.45, 2.75) is 13.0 Å². The molecule has 4 nitrogen and oxygen atoms in total. The first-order valence-corrected chi connectivity index (χ1v) is 7.23. The molecule has 2 rings (SSSR count). The van der Waals surface area contributed by atoms with Gasteiger partial charge in [0.2, 0.25) is 5.91 Å². The molecule has 0 spiro atoms. The molecule has 0 aliphatic rings. The van der Waals surface area contributed by atoms with Crippen LogP contribution in [0.5, 0.6) is 11.5 Å². The fourth-order valence-corrected chi connectivity index (χ4v) is 2.31. The SMILES string of the molecule is COc1ccc(CNC(=O)Cc2ccccc2OC)c(Cl)c1. The van der Waals surface area contributed by atoms with E-state index in [0.717, 1.165) is 11.1 Å². The minimum absolute atomic E-state index is 0.0867. The lowest BCUT2D eigenvalue weighted by atomic mass is 10.1. The first-order valence-electron chi connectivity index (χ1n) is 6.85. The molecule has 1 N–H and O–H groups in total. The summed E-state index contributed by atoms with van der Waals surface area (Å²) < 4.78 is 10.3. The first-order chi connectivity index (χ1) is 10.6. The predicted octanol–water partition coefficient (Wildman–Crippen LogP) is 3.22. The summed E-state index contributed by atoms with van der Waals surface area (Å²) in [5.74, 6) is 1.31. The second-order valence-electron chi connectivity index (χ2n) is 4.72. The van der Waals surface area contributed by atoms with E-state index in [-0.39, 0.29) is 12.3 Å². The topological polar surface area (TPSA) is 47.6 Å². The fourth-order valence-electron chi connectivity index (χ4n) is 2.08. The summed E-state index contributed by atoms with van der Waals surface area (Å²) in [6.07, 6.45) is 0.262. The zero-order valence-electron chi connectivity index (χ0n) is 12.6. The Morgan fingerprint density at radius 2 is 1.86 bits per heavy atom. The van der Waals surface area contributed by atoms with Gasteiger partial charge in [-0.25, -0.2) is 0 Å². The van der Waals surface area contributed by atoms with Crippen LogP contribution in [0.1, 0.15) is 11.1 Å². The average Bonchev–Trinajstić information content (AvgIpc) is 2.54. The van der Waals surface area contributed by atoms with Gasteiger partial charge in [-0.15, -0.1) is 0 Å². The highest BCUT2D eigenvalue weighted by atomic mass is 35.5. The Balaban J connectivity index is 1.95. The summed E-state index contributed by atoms with van der Waals surface area (Å²) >= 11 is 6.15. The van der Waals surface area contributed by atoms with Crippen molar-refractivity contribution in [2.75, 3.05) is 14.2 Å². The molecule has 0 heterocycles. The molecule has 0 bridgehead atoms. The van der Waals surface area contributed by atoms with Crippen LogP contribution in [0, 0.1) is 0 Å². The molecule has 2 aromatic rings. The number of rotatable bonds is 6. The second kappa shape index (κ2) is 7.71. The summed E-state index contributed by atoms with van der Waals surface area (Å²) in [4.78, 5) is 12.1. The summed E-state index contributed by atoms with van der Waals surface area (Å²) in [6.45, 7) is 0.372. The van der Waals surface area contributed by atoms with Gasteiger partial charge in [-0.05, 0) is 23.8 Å². The zero-order valence-corrected chi connectivity index (χ0v) is 13.3. The van der Waals surface area contributed by atoms with Crippen LogP contribution in [0.15, 0.2) is 42.5 Å². The normalized spacial score (nSPS) is 10.1. The van der Waals surface area contributed by atoms with Crippen LogP contribution in [0.2, 0.25) is 5.02 Å². The third-order valence-corrected chi connectivity index (χ3v) is 3.63. The molecule has 116 valence electrons. The number of carbonyl (C=O) groups excluding carboxylic acids is 1. The van der Waals surface area contributed by atoms with Crippen molar-refractivity contribution in [1.29, 1.82) is 0 Å². The van der Waals surface area contributed by atoms with Crippen molar-refractivity contribution in [3.8, 4) is 11.5 Å². The molecule has 0 aliphatic heterocycles. The molecule has 0 saturated heterocycles. The monoisotopic (exact) mass is 319 g/mol. The van der Waals surface area contributed by atoms with Gasteiger partial charge in [0.05, 0.1) is 20.6 Å². The van der Waals surface area contributed by atoms with Crippen molar-refractivity contribution in [3.63, 3.8) is 0 Å². The van der Waals surface area contributed by atoms with E-state index in [9.17, 15) is 4.79 Å². The Labute approximate surface area is 135 Å². The average molecular weight is 320 g/mol. The fraction of sp³-hybridized carbons (Fsp3) is 0.235. The Kier molecular flexibility index (Phi) is 5.67. The number of para-hydroxylation sites is 1. The highest BCUT2D eigenvalue weighted by Crippen LogP contribution is 2.22. The molecular formula is C17H18ClNO3. The molecule has 5 heteroatoms. The van der Waals surface area contributed by atoms with Gasteiger partial charge in [-0.2, -0.15) is 0 Å². The van der Waals surface area contributed by atoms with Crippen LogP contribution in [0.4, 0.5) is 0 Å². The van der Waals surface area contributed by atoms with E-state index >= 15 is 0 Å². The third-order valence-electron chi connectivity index (χ3n) is 3.28. The molecule has 0 aromatic heterocycles. The van der Waals surface area contributed by atoms with E-state index in [1.54, 1.807) is 20.3 Å². The zero-order chi connectivity index (χ0) is 15.9. The van der Waals surface area contributed by atoms with Crippen LogP contribution in [0.25, 0.3) is 0 Å². The second-order valence-corrected chi connectivity index (χ2v) is 5.13. The van der Waals surface area contributed by atoms with Crippen LogP contribution in [-0.4, -0.2) is 20.1 Å². The molecule has 22 heavy (non-hydrogen) atoms. The van der Waals surface area contributed by atoms with Crippen LogP contribution < -0.4 is 14.8 Å². The van der Waals surface area contributed by atoms with Gasteiger partial charge in [0.15, 0.2) is 0 Å². The van der Waals surface area contributed by atoms with Crippen molar-refractivity contribution >= 4 is 17.5 Å². The molecule has 1 amide bonds. The van der Waals surface area contributed by atoms with Gasteiger partial charge < -0.3 is 14.8 Å². The van der Waals surface area contributed by atoms with Crippen molar-refractivity contribution < 1.29 is 14.3 Å². The number of carbonyl (C=O) groups is 1. The van der Waals surface area contributed by atoms with Crippen LogP contribution >= 0.6 is 11.6 Å². The highest BCUT2D eigenvalue weighted by Gasteiger charge is 2.09. The minimum Gasteiger partial charge on any atom is -0.497 e. The Hall–Kier alpha value is -2.20. The number of halogens is 1. The number of benzene rings is 2. The molecule has 0 fully saturated rings. The maximum atomic E-state index is 12.1. The van der Waals surface area contributed by atoms with Gasteiger partial charge in [-0.3, -0.25) is 4.79 Å². The number of hydrogen-bond donors (Lipinski definition) is 1. The van der Waals surface area contributed by atoms with Gasteiger partial charge in [0.1, 0.15) is 11.5 Å². The quantitative estimate of drug-likeness (QED) is 0.889. The number of methoxy groups -OCH3 is 2. The van der Waals surface area contributed by atoms with Crippen molar-refractivity contribution in [2.24, 2.45) is 0 Å². The van der Waals surface area contributed by atoms with E-state index in [1.807, 2.05) is 36.4 Å². The molecule has 0 saturated carbocycles. The molecular weight excluding hydrogens is 302 g/mol. The van der Waals surface area contributed by atoms with E-state index in [4.69, 9.17) is 21.1 Å². The van der Waals surface area contributed by atoms with Gasteiger partial charge in [-0.1, -0.05) is 35.9 Å². The molecule has 0 atom stereocenters. The van der Waals surface area contributed by atoms with Gasteiger partial charge in [0, 0.05) is 17.1 Å². The molecule has 2 aromatic carbocycles. The Morgan fingerprint density at radius 3 is 2.55 bits per heavy atom. The van der Waals surface area contributed by atoms with E-state index in [1.165, 1.54) is 0 Å². The Bertz CT molecular complexity index is 658. The molecule has 0 aliphatic carbocycles. The maximum absolute atomic E-state index is 12.1. The maximum Gasteiger partial charge on any atom is 0.224 e. The smallest absolute Gasteiger partial charge is 0.224 e. The summed E-state index contributed by atoms with van der Waals surface area (Å²) in [5, 5.41) is 3.42. The minimum atomic E-state index is -0.0867. The third kappa shape index (κ3) is 4.15. The number of hydrogen-bond acceptors (Lipinski definition) is 3. The number of ether oxygens (including phenoxy) is 2. The first kappa shape index (κ1) is 16.2. The van der Waals surface area contributed by atoms with Gasteiger partial charge in [0.25, 0.3) is 0 Å². The van der Waals surface area contributed by atoms with Crippen molar-refractivity contribution in [1.82, 2.24) is 5.32 Å². The lowest BCUT2D eigenvalue weighted by Gasteiger charge is -2.10. The Morgan fingerprint density at radius 1 is 1.09 bits per heavy atom.